The highest BCUT2D eigenvalue weighted by molar-refractivity contribution is 7.80. The molecule has 1 aromatic carbocycles. The number of ether oxygens (including phenoxy) is 1. The zero-order valence-corrected chi connectivity index (χ0v) is 17.3. The van der Waals surface area contributed by atoms with Crippen LogP contribution in [-0.4, -0.2) is 47.4 Å². The second-order valence-corrected chi connectivity index (χ2v) is 9.62. The Morgan fingerprint density at radius 2 is 1.85 bits per heavy atom. The quantitative estimate of drug-likeness (QED) is 0.748. The van der Waals surface area contributed by atoms with Crippen LogP contribution in [0.5, 0.6) is 0 Å². The lowest BCUT2D eigenvalue weighted by Crippen LogP contribution is -2.44. The van der Waals surface area contributed by atoms with Gasteiger partial charge in [0.05, 0.1) is 11.0 Å². The monoisotopic (exact) mass is 381 g/mol. The first kappa shape index (κ1) is 21.1. The Labute approximate surface area is 159 Å². The third-order valence-corrected chi connectivity index (χ3v) is 5.89. The molecule has 1 aliphatic carbocycles. The number of carbonyl (C=O) groups is 1. The number of rotatable bonds is 4. The summed E-state index contributed by atoms with van der Waals surface area (Å²) in [4.78, 5) is 12.8. The van der Waals surface area contributed by atoms with E-state index in [1.54, 1.807) is 0 Å². The molecular weight excluding hydrogens is 350 g/mol. The summed E-state index contributed by atoms with van der Waals surface area (Å²) in [7, 11) is 2.17. The molecule has 6 heteroatoms. The fourth-order valence-electron chi connectivity index (χ4n) is 3.44. The summed E-state index contributed by atoms with van der Waals surface area (Å²) >= 11 is -1.31. The van der Waals surface area contributed by atoms with E-state index in [9.17, 15) is 9.00 Å². The average molecular weight is 382 g/mol. The van der Waals surface area contributed by atoms with Gasteiger partial charge in [-0.25, -0.2) is 4.21 Å². The van der Waals surface area contributed by atoms with Gasteiger partial charge in [0.15, 0.2) is 11.1 Å². The number of benzene rings is 1. The number of aryl methyl sites for hydroxylation is 1. The second-order valence-electron chi connectivity index (χ2n) is 8.49. The van der Waals surface area contributed by atoms with E-state index < -0.39 is 11.1 Å². The number of likely N-dealkylation sites (tertiary alicyclic amines) is 1. The van der Waals surface area contributed by atoms with Crippen molar-refractivity contribution < 1.29 is 17.9 Å². The third-order valence-electron chi connectivity index (χ3n) is 4.79. The standard InChI is InChI=1S/C15H21NO2S.C5H10O2/c1-12-3-5-14(6-4-12)19(17)18-13-9-15(10-13)7-8-16(2)11-15;1-5(2,3)7-4-6/h3-6,13H,7-11H2,1-2H3;4H,1-3H3. The fraction of sp³-hybridized carbons (Fsp3) is 0.650. The molecule has 1 saturated heterocycles. The van der Waals surface area contributed by atoms with Crippen molar-refractivity contribution in [2.24, 2.45) is 5.41 Å². The van der Waals surface area contributed by atoms with E-state index in [-0.39, 0.29) is 11.7 Å². The Balaban J connectivity index is 0.000000298. The molecular formula is C20H31NO4S. The smallest absolute Gasteiger partial charge is 0.293 e. The minimum atomic E-state index is -1.31. The van der Waals surface area contributed by atoms with Gasteiger partial charge in [-0.3, -0.25) is 8.98 Å². The molecule has 0 bridgehead atoms. The van der Waals surface area contributed by atoms with E-state index in [2.05, 4.69) is 16.7 Å². The Bertz CT molecular complexity index is 618. The first-order chi connectivity index (χ1) is 12.1. The number of carbonyl (C=O) groups excluding carboxylic acids is 1. The van der Waals surface area contributed by atoms with Crippen molar-refractivity contribution in [1.82, 2.24) is 4.90 Å². The number of nitrogens with zero attached hydrogens (tertiary/aromatic N) is 1. The van der Waals surface area contributed by atoms with Gasteiger partial charge in [-0.05, 0) is 78.1 Å². The summed E-state index contributed by atoms with van der Waals surface area (Å²) in [6.45, 7) is 10.3. The van der Waals surface area contributed by atoms with Crippen molar-refractivity contribution in [2.75, 3.05) is 20.1 Å². The molecule has 1 unspecified atom stereocenters. The molecule has 0 amide bonds. The molecule has 0 N–H and O–H groups in total. The molecule has 1 heterocycles. The molecule has 26 heavy (non-hydrogen) atoms. The molecule has 0 radical (unpaired) electrons. The summed E-state index contributed by atoms with van der Waals surface area (Å²) in [5, 5.41) is 0. The summed E-state index contributed by atoms with van der Waals surface area (Å²) < 4.78 is 22.3. The first-order valence-corrected chi connectivity index (χ1v) is 10.2. The van der Waals surface area contributed by atoms with Crippen molar-refractivity contribution >= 4 is 17.6 Å². The van der Waals surface area contributed by atoms with Gasteiger partial charge in [-0.2, -0.15) is 0 Å². The van der Waals surface area contributed by atoms with Crippen LogP contribution in [-0.2, 0) is 24.8 Å². The second kappa shape index (κ2) is 8.63. The van der Waals surface area contributed by atoms with Gasteiger partial charge >= 0.3 is 0 Å². The van der Waals surface area contributed by atoms with E-state index in [1.807, 2.05) is 52.0 Å². The molecule has 1 atom stereocenters. The fourth-order valence-corrected chi connectivity index (χ4v) is 4.29. The Morgan fingerprint density at radius 1 is 1.23 bits per heavy atom. The highest BCUT2D eigenvalue weighted by atomic mass is 32.2. The SMILES string of the molecule is CC(C)(C)OC=O.Cc1ccc(S(=O)OC2CC3(CCN(C)C3)C2)cc1. The molecule has 2 aliphatic rings. The van der Waals surface area contributed by atoms with Gasteiger partial charge in [-0.15, -0.1) is 0 Å². The van der Waals surface area contributed by atoms with E-state index >= 15 is 0 Å². The van der Waals surface area contributed by atoms with Crippen LogP contribution in [0.25, 0.3) is 0 Å². The van der Waals surface area contributed by atoms with Crippen molar-refractivity contribution in [3.05, 3.63) is 29.8 Å². The average Bonchev–Trinajstić information content (AvgIpc) is 2.89. The molecule has 3 rings (SSSR count). The zero-order valence-electron chi connectivity index (χ0n) is 16.5. The van der Waals surface area contributed by atoms with E-state index in [0.29, 0.717) is 11.9 Å². The molecule has 1 spiro atoms. The van der Waals surface area contributed by atoms with E-state index in [1.165, 1.54) is 25.1 Å². The molecule has 1 aliphatic heterocycles. The molecule has 146 valence electrons. The number of hydrogen-bond donors (Lipinski definition) is 0. The van der Waals surface area contributed by atoms with Crippen LogP contribution < -0.4 is 0 Å². The summed E-state index contributed by atoms with van der Waals surface area (Å²) in [5.41, 5.74) is 1.32. The number of hydrogen-bond acceptors (Lipinski definition) is 5. The van der Waals surface area contributed by atoms with Gasteiger partial charge in [0.2, 0.25) is 0 Å². The van der Waals surface area contributed by atoms with E-state index in [4.69, 9.17) is 4.18 Å². The molecule has 1 aromatic rings. The lowest BCUT2D eigenvalue weighted by atomic mass is 9.66. The van der Waals surface area contributed by atoms with Crippen LogP contribution in [0.2, 0.25) is 0 Å². The highest BCUT2D eigenvalue weighted by Crippen LogP contribution is 2.49. The zero-order chi connectivity index (χ0) is 19.4. The maximum absolute atomic E-state index is 12.1. The van der Waals surface area contributed by atoms with Gasteiger partial charge in [0.1, 0.15) is 5.60 Å². The first-order valence-electron chi connectivity index (χ1n) is 9.08. The van der Waals surface area contributed by atoms with Crippen molar-refractivity contribution in [3.63, 3.8) is 0 Å². The van der Waals surface area contributed by atoms with Gasteiger partial charge < -0.3 is 9.64 Å². The molecule has 0 aromatic heterocycles. The summed E-state index contributed by atoms with van der Waals surface area (Å²) in [6, 6.07) is 7.74. The molecule has 5 nitrogen and oxygen atoms in total. The van der Waals surface area contributed by atoms with Crippen LogP contribution in [0, 0.1) is 12.3 Å². The topological polar surface area (TPSA) is 55.8 Å². The minimum Gasteiger partial charge on any atom is -0.462 e. The van der Waals surface area contributed by atoms with Crippen LogP contribution >= 0.6 is 0 Å². The van der Waals surface area contributed by atoms with Crippen molar-refractivity contribution in [3.8, 4) is 0 Å². The minimum absolute atomic E-state index is 0.175. The third kappa shape index (κ3) is 6.18. The van der Waals surface area contributed by atoms with Crippen molar-refractivity contribution in [2.45, 2.75) is 63.6 Å². The predicted octanol–water partition coefficient (Wildman–Crippen LogP) is 3.48. The van der Waals surface area contributed by atoms with Crippen LogP contribution in [0.1, 0.15) is 45.6 Å². The summed E-state index contributed by atoms with van der Waals surface area (Å²) in [6.07, 6.45) is 3.57. The Kier molecular flexibility index (Phi) is 6.99. The lowest BCUT2D eigenvalue weighted by molar-refractivity contribution is -0.138. The largest absolute Gasteiger partial charge is 0.462 e. The molecule has 2 fully saturated rings. The Hall–Kier alpha value is -1.24. The van der Waals surface area contributed by atoms with E-state index in [0.717, 1.165) is 17.7 Å². The van der Waals surface area contributed by atoms with Crippen LogP contribution in [0.3, 0.4) is 0 Å². The van der Waals surface area contributed by atoms with Crippen LogP contribution in [0.15, 0.2) is 29.2 Å². The Morgan fingerprint density at radius 3 is 2.27 bits per heavy atom. The maximum atomic E-state index is 12.1. The summed E-state index contributed by atoms with van der Waals surface area (Å²) in [5.74, 6) is 0. The predicted molar refractivity (Wildman–Crippen MR) is 103 cm³/mol. The normalized spacial score (nSPS) is 26.6. The van der Waals surface area contributed by atoms with Gasteiger partial charge in [0, 0.05) is 6.54 Å². The van der Waals surface area contributed by atoms with Crippen molar-refractivity contribution in [1.29, 1.82) is 0 Å². The highest BCUT2D eigenvalue weighted by Gasteiger charge is 2.48. The molecule has 1 saturated carbocycles. The van der Waals surface area contributed by atoms with Gasteiger partial charge in [-0.1, -0.05) is 17.7 Å². The maximum Gasteiger partial charge on any atom is 0.293 e. The van der Waals surface area contributed by atoms with Gasteiger partial charge in [0.25, 0.3) is 6.47 Å². The van der Waals surface area contributed by atoms with Crippen LogP contribution in [0.4, 0.5) is 0 Å². The lowest BCUT2D eigenvalue weighted by Gasteiger charge is -2.44.